The van der Waals surface area contributed by atoms with Gasteiger partial charge in [-0.2, -0.15) is 0 Å². The van der Waals surface area contributed by atoms with Gasteiger partial charge in [0.15, 0.2) is 0 Å². The number of rotatable bonds is 4. The van der Waals surface area contributed by atoms with Gasteiger partial charge in [-0.1, -0.05) is 0 Å². The maximum atomic E-state index is 9.97. The van der Waals surface area contributed by atoms with E-state index in [1.165, 1.54) is 0 Å². The largest absolute Gasteiger partial charge is 0.506 e. The van der Waals surface area contributed by atoms with Gasteiger partial charge in [-0.3, -0.25) is 0 Å². The fourth-order valence-corrected chi connectivity index (χ4v) is 0.707. The molecule has 0 aliphatic heterocycles. The lowest BCUT2D eigenvalue weighted by molar-refractivity contribution is 0.0486. The Morgan fingerprint density at radius 3 is 2.36 bits per heavy atom. The molecule has 4 nitrogen and oxygen atoms in total. The zero-order valence-electron chi connectivity index (χ0n) is 6.78. The average Bonchev–Trinajstić information content (AvgIpc) is 1.82. The lowest BCUT2D eigenvalue weighted by atomic mass is 10.1. The molecule has 0 spiro atoms. The van der Waals surface area contributed by atoms with Crippen LogP contribution in [0.25, 0.3) is 0 Å². The maximum absolute atomic E-state index is 9.97. The molecule has 0 aromatic carbocycles. The van der Waals surface area contributed by atoms with Crippen LogP contribution in [0.15, 0.2) is 0 Å². The van der Waals surface area contributed by atoms with Crippen LogP contribution in [0.5, 0.6) is 0 Å². The Morgan fingerprint density at radius 2 is 2.00 bits per heavy atom. The number of carbonyl (C=O) groups is 1. The van der Waals surface area contributed by atoms with Crippen LogP contribution in [-0.4, -0.2) is 28.6 Å². The predicted octanol–water partition coefficient (Wildman–Crippen LogP) is 1.23. The first-order valence-corrected chi connectivity index (χ1v) is 3.60. The van der Waals surface area contributed by atoms with Gasteiger partial charge in [-0.05, 0) is 26.7 Å². The minimum atomic E-state index is -1.26. The van der Waals surface area contributed by atoms with Gasteiger partial charge < -0.3 is 14.9 Å². The van der Waals surface area contributed by atoms with Crippen LogP contribution in [-0.2, 0) is 4.74 Å². The quantitative estimate of drug-likeness (QED) is 0.610. The molecule has 0 aliphatic rings. The second kappa shape index (κ2) is 4.96. The summed E-state index contributed by atoms with van der Waals surface area (Å²) in [6.07, 6.45) is -0.863. The molecule has 0 heterocycles. The van der Waals surface area contributed by atoms with Crippen molar-refractivity contribution in [3.8, 4) is 0 Å². The van der Waals surface area contributed by atoms with Crippen LogP contribution in [0.1, 0.15) is 26.7 Å². The lowest BCUT2D eigenvalue weighted by Gasteiger charge is -2.10. The number of ether oxygens (including phenoxy) is 1. The predicted molar refractivity (Wildman–Crippen MR) is 39.5 cm³/mol. The summed E-state index contributed by atoms with van der Waals surface area (Å²) in [5, 5.41) is 17.0. The van der Waals surface area contributed by atoms with Crippen molar-refractivity contribution < 1.29 is 19.7 Å². The first-order chi connectivity index (χ1) is 5.02. The van der Waals surface area contributed by atoms with Crippen molar-refractivity contribution in [3.63, 3.8) is 0 Å². The molecule has 2 N–H and O–H groups in total. The van der Waals surface area contributed by atoms with Crippen molar-refractivity contribution in [2.24, 2.45) is 0 Å². The molecule has 4 heteroatoms. The van der Waals surface area contributed by atoms with Crippen LogP contribution < -0.4 is 0 Å². The fourth-order valence-electron chi connectivity index (χ4n) is 0.707. The SMILES string of the molecule is CC(O)CCC(C)OC(=O)O. The summed E-state index contributed by atoms with van der Waals surface area (Å²) in [6, 6.07) is 0. The van der Waals surface area contributed by atoms with E-state index in [4.69, 9.17) is 10.2 Å². The topological polar surface area (TPSA) is 66.8 Å². The second-order valence-corrected chi connectivity index (χ2v) is 2.62. The van der Waals surface area contributed by atoms with Gasteiger partial charge in [-0.25, -0.2) is 4.79 Å². The third-order valence-electron chi connectivity index (χ3n) is 1.29. The van der Waals surface area contributed by atoms with Crippen LogP contribution in [0.4, 0.5) is 4.79 Å². The van der Waals surface area contributed by atoms with E-state index >= 15 is 0 Å². The molecule has 11 heavy (non-hydrogen) atoms. The molecule has 0 radical (unpaired) electrons. The normalized spacial score (nSPS) is 15.5. The van der Waals surface area contributed by atoms with Crippen molar-refractivity contribution in [2.75, 3.05) is 0 Å². The average molecular weight is 162 g/mol. The highest BCUT2D eigenvalue weighted by atomic mass is 16.7. The highest BCUT2D eigenvalue weighted by Gasteiger charge is 2.07. The lowest BCUT2D eigenvalue weighted by Crippen LogP contribution is -2.14. The summed E-state index contributed by atoms with van der Waals surface area (Å²) in [5.74, 6) is 0. The first-order valence-electron chi connectivity index (χ1n) is 3.60. The van der Waals surface area contributed by atoms with Crippen LogP contribution in [0.2, 0.25) is 0 Å². The number of hydrogen-bond acceptors (Lipinski definition) is 3. The Hall–Kier alpha value is -0.770. The molecule has 0 saturated heterocycles. The number of aliphatic hydroxyl groups is 1. The molecule has 0 amide bonds. The Morgan fingerprint density at radius 1 is 1.45 bits per heavy atom. The summed E-state index contributed by atoms with van der Waals surface area (Å²) in [7, 11) is 0. The van der Waals surface area contributed by atoms with E-state index in [1.54, 1.807) is 13.8 Å². The molecular weight excluding hydrogens is 148 g/mol. The monoisotopic (exact) mass is 162 g/mol. The number of aliphatic hydroxyl groups excluding tert-OH is 1. The van der Waals surface area contributed by atoms with Crippen LogP contribution >= 0.6 is 0 Å². The van der Waals surface area contributed by atoms with E-state index in [9.17, 15) is 4.79 Å². The summed E-state index contributed by atoms with van der Waals surface area (Å²) < 4.78 is 4.41. The third-order valence-corrected chi connectivity index (χ3v) is 1.29. The molecule has 0 fully saturated rings. The smallest absolute Gasteiger partial charge is 0.450 e. The molecule has 0 aromatic heterocycles. The van der Waals surface area contributed by atoms with Crippen LogP contribution in [0, 0.1) is 0 Å². The van der Waals surface area contributed by atoms with Crippen molar-refractivity contribution in [1.29, 1.82) is 0 Å². The molecule has 2 unspecified atom stereocenters. The van der Waals surface area contributed by atoms with Gasteiger partial charge in [0.25, 0.3) is 0 Å². The van der Waals surface area contributed by atoms with E-state index in [0.717, 1.165) is 0 Å². The zero-order chi connectivity index (χ0) is 8.85. The Balaban J connectivity index is 3.37. The van der Waals surface area contributed by atoms with Gasteiger partial charge in [0.05, 0.1) is 6.10 Å². The minimum Gasteiger partial charge on any atom is -0.450 e. The summed E-state index contributed by atoms with van der Waals surface area (Å²) in [5.41, 5.74) is 0. The first kappa shape index (κ1) is 10.2. The van der Waals surface area contributed by atoms with Crippen molar-refractivity contribution in [2.45, 2.75) is 38.9 Å². The molecule has 2 atom stereocenters. The van der Waals surface area contributed by atoms with E-state index in [0.29, 0.717) is 12.8 Å². The highest BCUT2D eigenvalue weighted by molar-refractivity contribution is 5.56. The second-order valence-electron chi connectivity index (χ2n) is 2.62. The highest BCUT2D eigenvalue weighted by Crippen LogP contribution is 2.04. The summed E-state index contributed by atoms with van der Waals surface area (Å²) in [6.45, 7) is 3.32. The standard InChI is InChI=1S/C7H14O4/c1-5(8)3-4-6(2)11-7(9)10/h5-6,8H,3-4H2,1-2H3,(H,9,10). The van der Waals surface area contributed by atoms with Gasteiger partial charge in [0.1, 0.15) is 6.10 Å². The molecule has 0 aliphatic carbocycles. The van der Waals surface area contributed by atoms with Crippen molar-refractivity contribution in [1.82, 2.24) is 0 Å². The van der Waals surface area contributed by atoms with Gasteiger partial charge in [0, 0.05) is 0 Å². The van der Waals surface area contributed by atoms with Gasteiger partial charge in [0.2, 0.25) is 0 Å². The molecule has 0 saturated carbocycles. The third kappa shape index (κ3) is 7.12. The zero-order valence-corrected chi connectivity index (χ0v) is 6.78. The summed E-state index contributed by atoms with van der Waals surface area (Å²) >= 11 is 0. The van der Waals surface area contributed by atoms with E-state index in [2.05, 4.69) is 4.74 Å². The van der Waals surface area contributed by atoms with E-state index < -0.39 is 12.3 Å². The molecule has 0 rings (SSSR count). The minimum absolute atomic E-state index is 0.331. The molecule has 0 bridgehead atoms. The van der Waals surface area contributed by atoms with Gasteiger partial charge in [-0.15, -0.1) is 0 Å². The number of carboxylic acid groups (broad SMARTS) is 1. The van der Waals surface area contributed by atoms with Crippen molar-refractivity contribution in [3.05, 3.63) is 0 Å². The van der Waals surface area contributed by atoms with E-state index in [-0.39, 0.29) is 6.10 Å². The molecule has 0 aromatic rings. The Kier molecular flexibility index (Phi) is 4.61. The maximum Gasteiger partial charge on any atom is 0.506 e. The fraction of sp³-hybridized carbons (Fsp3) is 0.857. The Labute approximate surface area is 65.8 Å². The van der Waals surface area contributed by atoms with E-state index in [1.807, 2.05) is 0 Å². The summed E-state index contributed by atoms with van der Waals surface area (Å²) in [4.78, 5) is 9.97. The molecule has 66 valence electrons. The number of hydrogen-bond donors (Lipinski definition) is 2. The molecular formula is C7H14O4. The van der Waals surface area contributed by atoms with Crippen molar-refractivity contribution >= 4 is 6.16 Å². The van der Waals surface area contributed by atoms with Gasteiger partial charge >= 0.3 is 6.16 Å². The Bertz CT molecular complexity index is 122. The van der Waals surface area contributed by atoms with Crippen LogP contribution in [0.3, 0.4) is 0 Å².